The van der Waals surface area contributed by atoms with Gasteiger partial charge in [0.25, 0.3) is 0 Å². The van der Waals surface area contributed by atoms with Crippen LogP contribution in [0.2, 0.25) is 0 Å². The minimum atomic E-state index is 0.334. The fourth-order valence-corrected chi connectivity index (χ4v) is 2.83. The van der Waals surface area contributed by atoms with E-state index in [1.807, 2.05) is 0 Å². The Kier molecular flexibility index (Phi) is 14.9. The Hall–Kier alpha value is -0.590. The van der Waals surface area contributed by atoms with Gasteiger partial charge < -0.3 is 4.79 Å². The molecule has 0 heterocycles. The molecule has 1 heteroatoms. The zero-order chi connectivity index (χ0) is 16.6. The quantitative estimate of drug-likeness (QED) is 0.233. The van der Waals surface area contributed by atoms with Gasteiger partial charge in [0.05, 0.1) is 0 Å². The molecule has 0 N–H and O–H groups in total. The first-order chi connectivity index (χ1) is 10.6. The molecular formula is C21H40O. The molecule has 0 bridgehead atoms. The molecule has 0 saturated heterocycles. The number of carbonyl (C=O) groups is 1. The van der Waals surface area contributed by atoms with Gasteiger partial charge in [-0.25, -0.2) is 0 Å². The maximum absolute atomic E-state index is 10.8. The van der Waals surface area contributed by atoms with E-state index in [0.29, 0.717) is 5.78 Å². The van der Waals surface area contributed by atoms with Crippen LogP contribution in [0.5, 0.6) is 0 Å². The molecule has 2 unspecified atom stereocenters. The fourth-order valence-electron chi connectivity index (χ4n) is 2.83. The van der Waals surface area contributed by atoms with Crippen molar-refractivity contribution in [2.24, 2.45) is 11.8 Å². The Labute approximate surface area is 140 Å². The minimum Gasteiger partial charge on any atom is -0.300 e. The van der Waals surface area contributed by atoms with Crippen molar-refractivity contribution in [1.82, 2.24) is 0 Å². The number of ketones is 1. The van der Waals surface area contributed by atoms with Crippen LogP contribution in [0.1, 0.15) is 105 Å². The second-order valence-electron chi connectivity index (χ2n) is 7.17. The first-order valence-electron chi connectivity index (χ1n) is 9.72. The maximum atomic E-state index is 10.8. The van der Waals surface area contributed by atoms with Crippen LogP contribution in [0.3, 0.4) is 0 Å². The maximum Gasteiger partial charge on any atom is 0.129 e. The van der Waals surface area contributed by atoms with Gasteiger partial charge in [0.2, 0.25) is 0 Å². The molecule has 0 aromatic carbocycles. The van der Waals surface area contributed by atoms with E-state index in [0.717, 1.165) is 24.7 Å². The van der Waals surface area contributed by atoms with E-state index < -0.39 is 0 Å². The van der Waals surface area contributed by atoms with Crippen molar-refractivity contribution in [2.45, 2.75) is 105 Å². The van der Waals surface area contributed by atoms with E-state index in [1.165, 1.54) is 64.2 Å². The highest BCUT2D eigenvalue weighted by Gasteiger charge is 2.09. The summed E-state index contributed by atoms with van der Waals surface area (Å²) in [4.78, 5) is 10.8. The highest BCUT2D eigenvalue weighted by molar-refractivity contribution is 5.75. The minimum absolute atomic E-state index is 0.334. The number of carbonyl (C=O) groups excluding carboxylic acids is 1. The number of hydrogen-bond acceptors (Lipinski definition) is 1. The van der Waals surface area contributed by atoms with E-state index in [1.54, 1.807) is 6.92 Å². The zero-order valence-electron chi connectivity index (χ0n) is 15.7. The van der Waals surface area contributed by atoms with Crippen LogP contribution >= 0.6 is 0 Å². The molecular weight excluding hydrogens is 268 g/mol. The Morgan fingerprint density at radius 1 is 0.864 bits per heavy atom. The van der Waals surface area contributed by atoms with Crippen LogP contribution in [0.25, 0.3) is 0 Å². The zero-order valence-corrected chi connectivity index (χ0v) is 15.7. The molecule has 0 spiro atoms. The van der Waals surface area contributed by atoms with Crippen LogP contribution in [-0.2, 0) is 4.79 Å². The molecule has 0 fully saturated rings. The van der Waals surface area contributed by atoms with Gasteiger partial charge >= 0.3 is 0 Å². The fraction of sp³-hybridized carbons (Fsp3) is 0.857. The number of rotatable bonds is 15. The molecule has 0 rings (SSSR count). The smallest absolute Gasteiger partial charge is 0.129 e. The van der Waals surface area contributed by atoms with Gasteiger partial charge in [0, 0.05) is 6.42 Å². The number of hydrogen-bond donors (Lipinski definition) is 0. The highest BCUT2D eigenvalue weighted by atomic mass is 16.1. The lowest BCUT2D eigenvalue weighted by molar-refractivity contribution is -0.117. The largest absolute Gasteiger partial charge is 0.300 e. The van der Waals surface area contributed by atoms with Gasteiger partial charge in [-0.2, -0.15) is 0 Å². The molecule has 0 saturated carbocycles. The Balaban J connectivity index is 3.43. The monoisotopic (exact) mass is 308 g/mol. The van der Waals surface area contributed by atoms with Gasteiger partial charge in [-0.05, 0) is 44.4 Å². The topological polar surface area (TPSA) is 17.1 Å². The molecule has 22 heavy (non-hydrogen) atoms. The molecule has 0 amide bonds. The molecule has 130 valence electrons. The molecule has 0 aliphatic rings. The Morgan fingerprint density at radius 2 is 1.55 bits per heavy atom. The highest BCUT2D eigenvalue weighted by Crippen LogP contribution is 2.21. The molecule has 0 radical (unpaired) electrons. The van der Waals surface area contributed by atoms with Gasteiger partial charge in [0.1, 0.15) is 5.78 Å². The first-order valence-corrected chi connectivity index (χ1v) is 9.72. The normalized spacial score (nSPS) is 14.4. The van der Waals surface area contributed by atoms with Gasteiger partial charge in [0.15, 0.2) is 0 Å². The second kappa shape index (κ2) is 15.3. The van der Waals surface area contributed by atoms with Crippen molar-refractivity contribution in [2.75, 3.05) is 0 Å². The van der Waals surface area contributed by atoms with E-state index in [4.69, 9.17) is 0 Å². The standard InChI is InChI=1S/C21H40O/c1-5-6-13-16-19(2)20(3)17-14-11-9-7-8-10-12-15-18-21(4)22/h11,14,19-20H,5-10,12-13,15-18H2,1-4H3. The van der Waals surface area contributed by atoms with Crippen molar-refractivity contribution in [3.8, 4) is 0 Å². The van der Waals surface area contributed by atoms with Crippen LogP contribution in [0.4, 0.5) is 0 Å². The van der Waals surface area contributed by atoms with Crippen molar-refractivity contribution in [3.63, 3.8) is 0 Å². The summed E-state index contributed by atoms with van der Waals surface area (Å²) in [6.07, 6.45) is 19.7. The van der Waals surface area contributed by atoms with E-state index in [-0.39, 0.29) is 0 Å². The third-order valence-electron chi connectivity index (χ3n) is 4.81. The summed E-state index contributed by atoms with van der Waals surface area (Å²) in [5.74, 6) is 2.01. The summed E-state index contributed by atoms with van der Waals surface area (Å²) >= 11 is 0. The van der Waals surface area contributed by atoms with E-state index in [2.05, 4.69) is 32.9 Å². The van der Waals surface area contributed by atoms with E-state index in [9.17, 15) is 4.79 Å². The average Bonchev–Trinajstić information content (AvgIpc) is 2.48. The summed E-state index contributed by atoms with van der Waals surface area (Å²) in [7, 11) is 0. The third-order valence-corrected chi connectivity index (χ3v) is 4.81. The van der Waals surface area contributed by atoms with Crippen LogP contribution in [0.15, 0.2) is 12.2 Å². The Morgan fingerprint density at radius 3 is 2.23 bits per heavy atom. The van der Waals surface area contributed by atoms with Crippen molar-refractivity contribution < 1.29 is 4.79 Å². The van der Waals surface area contributed by atoms with Crippen molar-refractivity contribution in [1.29, 1.82) is 0 Å². The van der Waals surface area contributed by atoms with Gasteiger partial charge in [-0.3, -0.25) is 0 Å². The van der Waals surface area contributed by atoms with Crippen LogP contribution in [0, 0.1) is 11.8 Å². The number of allylic oxidation sites excluding steroid dienone is 2. The molecule has 0 aromatic rings. The van der Waals surface area contributed by atoms with Crippen LogP contribution < -0.4 is 0 Å². The van der Waals surface area contributed by atoms with Gasteiger partial charge in [-0.1, -0.05) is 77.9 Å². The molecule has 0 aliphatic carbocycles. The SMILES string of the molecule is CCCCCC(C)C(C)CC=CCCCCCCCC(C)=O. The van der Waals surface area contributed by atoms with Crippen molar-refractivity contribution in [3.05, 3.63) is 12.2 Å². The summed E-state index contributed by atoms with van der Waals surface area (Å²) in [6.45, 7) is 8.78. The summed E-state index contributed by atoms with van der Waals surface area (Å²) in [5.41, 5.74) is 0. The summed E-state index contributed by atoms with van der Waals surface area (Å²) in [5, 5.41) is 0. The molecule has 0 aliphatic heterocycles. The number of unbranched alkanes of at least 4 members (excludes halogenated alkanes) is 7. The summed E-state index contributed by atoms with van der Waals surface area (Å²) < 4.78 is 0. The lowest BCUT2D eigenvalue weighted by Crippen LogP contribution is -2.06. The van der Waals surface area contributed by atoms with Crippen molar-refractivity contribution >= 4 is 5.78 Å². The van der Waals surface area contributed by atoms with E-state index >= 15 is 0 Å². The predicted molar refractivity (Wildman–Crippen MR) is 99.2 cm³/mol. The van der Waals surface area contributed by atoms with Crippen LogP contribution in [-0.4, -0.2) is 5.78 Å². The Bertz CT molecular complexity index is 280. The lowest BCUT2D eigenvalue weighted by atomic mass is 9.88. The van der Waals surface area contributed by atoms with Gasteiger partial charge in [-0.15, -0.1) is 0 Å². The second-order valence-corrected chi connectivity index (χ2v) is 7.17. The molecule has 0 aromatic heterocycles. The lowest BCUT2D eigenvalue weighted by Gasteiger charge is -2.18. The third kappa shape index (κ3) is 14.4. The number of Topliss-reactive ketones (excluding diaryl/α,β-unsaturated/α-hetero) is 1. The molecule has 2 atom stereocenters. The predicted octanol–water partition coefficient (Wildman–Crippen LogP) is 7.10. The molecule has 1 nitrogen and oxygen atoms in total. The first kappa shape index (κ1) is 21.4. The average molecular weight is 309 g/mol. The summed E-state index contributed by atoms with van der Waals surface area (Å²) in [6, 6.07) is 0.